The molecule has 0 spiro atoms. The van der Waals surface area contributed by atoms with Crippen LogP contribution in [0.4, 0.5) is 4.79 Å². The van der Waals surface area contributed by atoms with Gasteiger partial charge >= 0.3 is 12.0 Å². The summed E-state index contributed by atoms with van der Waals surface area (Å²) in [5.74, 6) is -0.377. The largest absolute Gasteiger partial charge is 0.481 e. The monoisotopic (exact) mass is 299 g/mol. The van der Waals surface area contributed by atoms with Gasteiger partial charge in [0, 0.05) is 32.1 Å². The first-order valence-electron chi connectivity index (χ1n) is 8.03. The third-order valence-electron chi connectivity index (χ3n) is 4.04. The minimum Gasteiger partial charge on any atom is -0.481 e. The summed E-state index contributed by atoms with van der Waals surface area (Å²) in [7, 11) is 0. The van der Waals surface area contributed by atoms with Gasteiger partial charge in [0.15, 0.2) is 0 Å². The molecule has 0 radical (unpaired) electrons. The molecule has 0 saturated carbocycles. The van der Waals surface area contributed by atoms with Gasteiger partial charge in [-0.3, -0.25) is 4.79 Å². The minimum atomic E-state index is -0.748. The first kappa shape index (κ1) is 17.8. The molecule has 0 aromatic rings. The van der Waals surface area contributed by atoms with Crippen molar-refractivity contribution in [2.24, 2.45) is 11.7 Å². The Kier molecular flexibility index (Phi) is 8.12. The maximum Gasteiger partial charge on any atom is 0.317 e. The van der Waals surface area contributed by atoms with Crippen molar-refractivity contribution in [3.63, 3.8) is 0 Å². The summed E-state index contributed by atoms with van der Waals surface area (Å²) in [6, 6.07) is 0.0477. The lowest BCUT2D eigenvalue weighted by Gasteiger charge is -2.31. The second-order valence-corrected chi connectivity index (χ2v) is 5.96. The average molecular weight is 299 g/mol. The number of carboxylic acid groups (broad SMARTS) is 1. The van der Waals surface area contributed by atoms with E-state index in [2.05, 4.69) is 12.2 Å². The molecule has 0 aromatic carbocycles. The van der Waals surface area contributed by atoms with Crippen LogP contribution in [0, 0.1) is 5.92 Å². The number of amides is 2. The van der Waals surface area contributed by atoms with Crippen LogP contribution in [0.15, 0.2) is 0 Å². The highest BCUT2D eigenvalue weighted by atomic mass is 16.4. The van der Waals surface area contributed by atoms with Gasteiger partial charge in [-0.15, -0.1) is 0 Å². The maximum atomic E-state index is 12.0. The van der Waals surface area contributed by atoms with E-state index in [0.717, 1.165) is 38.6 Å². The highest BCUT2D eigenvalue weighted by molar-refractivity contribution is 5.74. The van der Waals surface area contributed by atoms with Crippen molar-refractivity contribution in [3.05, 3.63) is 0 Å². The number of hydrogen-bond acceptors (Lipinski definition) is 3. The van der Waals surface area contributed by atoms with Gasteiger partial charge in [0.25, 0.3) is 0 Å². The average Bonchev–Trinajstić information content (AvgIpc) is 2.44. The van der Waals surface area contributed by atoms with Crippen molar-refractivity contribution in [1.29, 1.82) is 0 Å². The number of piperidine rings is 1. The molecule has 21 heavy (non-hydrogen) atoms. The summed E-state index contributed by atoms with van der Waals surface area (Å²) in [6.07, 6.45) is 5.74. The molecular formula is C15H29N3O3. The molecule has 6 heteroatoms. The van der Waals surface area contributed by atoms with Crippen LogP contribution < -0.4 is 11.1 Å². The zero-order valence-corrected chi connectivity index (χ0v) is 13.0. The first-order chi connectivity index (χ1) is 10.0. The molecular weight excluding hydrogens is 270 g/mol. The number of carboxylic acids is 1. The highest BCUT2D eigenvalue weighted by Gasteiger charge is 2.21. The van der Waals surface area contributed by atoms with Crippen molar-refractivity contribution >= 4 is 12.0 Å². The Bertz CT molecular complexity index is 336. The Labute approximate surface area is 127 Å². The Balaban J connectivity index is 2.25. The zero-order valence-electron chi connectivity index (χ0n) is 13.0. The molecule has 1 rings (SSSR count). The van der Waals surface area contributed by atoms with Gasteiger partial charge < -0.3 is 21.1 Å². The van der Waals surface area contributed by atoms with Crippen LogP contribution in [0.1, 0.15) is 51.9 Å². The van der Waals surface area contributed by atoms with E-state index in [-0.39, 0.29) is 18.5 Å². The Morgan fingerprint density at radius 2 is 2.14 bits per heavy atom. The predicted octanol–water partition coefficient (Wildman–Crippen LogP) is 1.79. The molecule has 0 bridgehead atoms. The molecule has 2 atom stereocenters. The smallest absolute Gasteiger partial charge is 0.317 e. The molecule has 0 aliphatic carbocycles. The Morgan fingerprint density at radius 1 is 1.38 bits per heavy atom. The van der Waals surface area contributed by atoms with Crippen LogP contribution in [-0.4, -0.2) is 47.7 Å². The number of carbonyl (C=O) groups is 2. The maximum absolute atomic E-state index is 12.0. The van der Waals surface area contributed by atoms with Gasteiger partial charge in [-0.05, 0) is 31.6 Å². The number of carbonyl (C=O) groups excluding carboxylic acids is 1. The van der Waals surface area contributed by atoms with Crippen molar-refractivity contribution in [1.82, 2.24) is 10.2 Å². The van der Waals surface area contributed by atoms with E-state index in [0.29, 0.717) is 25.4 Å². The summed E-state index contributed by atoms with van der Waals surface area (Å²) < 4.78 is 0. The van der Waals surface area contributed by atoms with Crippen LogP contribution in [-0.2, 0) is 4.79 Å². The molecule has 6 nitrogen and oxygen atoms in total. The summed E-state index contributed by atoms with van der Waals surface area (Å²) >= 11 is 0. The summed E-state index contributed by atoms with van der Waals surface area (Å²) in [4.78, 5) is 24.4. The number of urea groups is 1. The molecule has 1 heterocycles. The predicted molar refractivity (Wildman–Crippen MR) is 82.1 cm³/mol. The van der Waals surface area contributed by atoms with E-state index in [1.54, 1.807) is 4.90 Å². The van der Waals surface area contributed by atoms with Crippen molar-refractivity contribution in [2.75, 3.05) is 19.6 Å². The molecule has 4 N–H and O–H groups in total. The van der Waals surface area contributed by atoms with E-state index >= 15 is 0 Å². The number of nitrogens with one attached hydrogen (secondary N) is 1. The third kappa shape index (κ3) is 7.32. The molecule has 0 aromatic heterocycles. The van der Waals surface area contributed by atoms with Crippen LogP contribution in [0.5, 0.6) is 0 Å². The lowest BCUT2D eigenvalue weighted by atomic mass is 9.94. The second kappa shape index (κ2) is 9.60. The van der Waals surface area contributed by atoms with E-state index < -0.39 is 5.97 Å². The standard InChI is InChI=1S/C15H29N3O3/c1-2-4-12(6-7-14(19)20)8-9-17-15(21)18-10-3-5-13(16)11-18/h12-13H,2-11,16H2,1H3,(H,17,21)(H,19,20). The molecule has 2 unspecified atom stereocenters. The molecule has 1 aliphatic heterocycles. The fourth-order valence-corrected chi connectivity index (χ4v) is 2.86. The molecule has 122 valence electrons. The number of likely N-dealkylation sites (tertiary alicyclic amines) is 1. The molecule has 1 saturated heterocycles. The van der Waals surface area contributed by atoms with Crippen molar-refractivity contribution in [2.45, 2.75) is 57.9 Å². The van der Waals surface area contributed by atoms with Gasteiger partial charge in [-0.1, -0.05) is 19.8 Å². The zero-order chi connectivity index (χ0) is 15.7. The van der Waals surface area contributed by atoms with Crippen LogP contribution in [0.2, 0.25) is 0 Å². The Hall–Kier alpha value is -1.30. The highest BCUT2D eigenvalue weighted by Crippen LogP contribution is 2.17. The van der Waals surface area contributed by atoms with E-state index in [1.165, 1.54) is 0 Å². The number of nitrogens with two attached hydrogens (primary N) is 1. The topological polar surface area (TPSA) is 95.7 Å². The van der Waals surface area contributed by atoms with E-state index in [4.69, 9.17) is 10.8 Å². The molecule has 1 fully saturated rings. The van der Waals surface area contributed by atoms with E-state index in [9.17, 15) is 9.59 Å². The minimum absolute atomic E-state index is 0.0429. The van der Waals surface area contributed by atoms with Gasteiger partial charge in [-0.2, -0.15) is 0 Å². The molecule has 2 amide bonds. The van der Waals surface area contributed by atoms with Crippen molar-refractivity contribution in [3.8, 4) is 0 Å². The van der Waals surface area contributed by atoms with Gasteiger partial charge in [0.1, 0.15) is 0 Å². The summed E-state index contributed by atoms with van der Waals surface area (Å²) in [6.45, 7) is 4.11. The lowest BCUT2D eigenvalue weighted by molar-refractivity contribution is -0.137. The SMILES string of the molecule is CCCC(CCNC(=O)N1CCCC(N)C1)CCC(=O)O. The first-order valence-corrected chi connectivity index (χ1v) is 8.03. The number of nitrogens with zero attached hydrogens (tertiary/aromatic N) is 1. The van der Waals surface area contributed by atoms with Crippen LogP contribution in [0.25, 0.3) is 0 Å². The normalized spacial score (nSPS) is 20.1. The number of aliphatic carboxylic acids is 1. The summed E-state index contributed by atoms with van der Waals surface area (Å²) in [5.41, 5.74) is 5.87. The van der Waals surface area contributed by atoms with Gasteiger partial charge in [-0.25, -0.2) is 4.79 Å². The second-order valence-electron chi connectivity index (χ2n) is 5.96. The fourth-order valence-electron chi connectivity index (χ4n) is 2.86. The quantitative estimate of drug-likeness (QED) is 0.636. The van der Waals surface area contributed by atoms with Gasteiger partial charge in [0.05, 0.1) is 0 Å². The fraction of sp³-hybridized carbons (Fsp3) is 0.867. The summed E-state index contributed by atoms with van der Waals surface area (Å²) in [5, 5.41) is 11.7. The van der Waals surface area contributed by atoms with E-state index in [1.807, 2.05) is 0 Å². The van der Waals surface area contributed by atoms with Gasteiger partial charge in [0.2, 0.25) is 0 Å². The van der Waals surface area contributed by atoms with Crippen LogP contribution >= 0.6 is 0 Å². The van der Waals surface area contributed by atoms with Crippen LogP contribution in [0.3, 0.4) is 0 Å². The van der Waals surface area contributed by atoms with Crippen molar-refractivity contribution < 1.29 is 14.7 Å². The number of rotatable bonds is 8. The Morgan fingerprint density at radius 3 is 2.76 bits per heavy atom. The number of hydrogen-bond donors (Lipinski definition) is 3. The third-order valence-corrected chi connectivity index (χ3v) is 4.04. The molecule has 1 aliphatic rings. The lowest BCUT2D eigenvalue weighted by Crippen LogP contribution is -2.49.